The molecule has 0 aromatic heterocycles. The van der Waals surface area contributed by atoms with Gasteiger partial charge in [-0.15, -0.1) is 0 Å². The van der Waals surface area contributed by atoms with Gasteiger partial charge < -0.3 is 18.9 Å². The molecular formula is C28H28N2O6. The standard InChI is InChI=1S/C28H28N2O6/c1-4-35-25-15-12-21(16-26(25)34-3)28(32)36-18-27(31)30-24(20-10-13-22(33-2)14-11-20)17-23(29-30)19-8-6-5-7-9-19/h5-16,24H,4,17-18H2,1-3H3. The van der Waals surface area contributed by atoms with E-state index in [2.05, 4.69) is 5.10 Å². The molecule has 4 rings (SSSR count). The third-order valence-electron chi connectivity index (χ3n) is 5.80. The molecule has 0 saturated carbocycles. The van der Waals surface area contributed by atoms with Gasteiger partial charge in [0, 0.05) is 6.42 Å². The molecule has 1 atom stereocenters. The first kappa shape index (κ1) is 24.8. The van der Waals surface area contributed by atoms with Crippen LogP contribution < -0.4 is 14.2 Å². The van der Waals surface area contributed by atoms with Crippen LogP contribution in [0.1, 0.15) is 40.9 Å². The largest absolute Gasteiger partial charge is 0.497 e. The van der Waals surface area contributed by atoms with E-state index >= 15 is 0 Å². The Morgan fingerprint density at radius 3 is 2.36 bits per heavy atom. The van der Waals surface area contributed by atoms with Gasteiger partial charge in [0.15, 0.2) is 18.1 Å². The number of amides is 1. The topological polar surface area (TPSA) is 86.7 Å². The average molecular weight is 489 g/mol. The van der Waals surface area contributed by atoms with Crippen molar-refractivity contribution in [3.05, 3.63) is 89.5 Å². The lowest BCUT2D eigenvalue weighted by molar-refractivity contribution is -0.136. The number of benzene rings is 3. The second-order valence-corrected chi connectivity index (χ2v) is 8.02. The number of rotatable bonds is 9. The van der Waals surface area contributed by atoms with Crippen LogP contribution in [0.3, 0.4) is 0 Å². The third kappa shape index (κ3) is 5.49. The highest BCUT2D eigenvalue weighted by Crippen LogP contribution is 2.34. The second-order valence-electron chi connectivity index (χ2n) is 8.02. The Morgan fingerprint density at radius 1 is 0.944 bits per heavy atom. The van der Waals surface area contributed by atoms with E-state index in [4.69, 9.17) is 18.9 Å². The van der Waals surface area contributed by atoms with Crippen molar-refractivity contribution in [1.82, 2.24) is 5.01 Å². The quantitative estimate of drug-likeness (QED) is 0.408. The monoisotopic (exact) mass is 488 g/mol. The van der Waals surface area contributed by atoms with Crippen molar-refractivity contribution >= 4 is 17.6 Å². The lowest BCUT2D eigenvalue weighted by Crippen LogP contribution is -2.31. The Morgan fingerprint density at radius 2 is 1.69 bits per heavy atom. The summed E-state index contributed by atoms with van der Waals surface area (Å²) >= 11 is 0. The molecule has 1 aliphatic rings. The zero-order chi connectivity index (χ0) is 25.5. The Labute approximate surface area is 210 Å². The SMILES string of the molecule is CCOc1ccc(C(=O)OCC(=O)N2N=C(c3ccccc3)CC2c2ccc(OC)cc2)cc1OC. The summed E-state index contributed by atoms with van der Waals surface area (Å²) in [4.78, 5) is 25.9. The normalized spacial score (nSPS) is 14.7. The van der Waals surface area contributed by atoms with Crippen LogP contribution >= 0.6 is 0 Å². The predicted molar refractivity (Wildman–Crippen MR) is 135 cm³/mol. The predicted octanol–water partition coefficient (Wildman–Crippen LogP) is 4.64. The number of carbonyl (C=O) groups is 2. The fourth-order valence-corrected chi connectivity index (χ4v) is 3.98. The van der Waals surface area contributed by atoms with Crippen molar-refractivity contribution < 1.29 is 28.5 Å². The first-order valence-corrected chi connectivity index (χ1v) is 11.6. The number of carbonyl (C=O) groups excluding carboxylic acids is 2. The van der Waals surface area contributed by atoms with Gasteiger partial charge in [-0.25, -0.2) is 9.80 Å². The molecule has 0 aliphatic carbocycles. The highest BCUT2D eigenvalue weighted by atomic mass is 16.5. The van der Waals surface area contributed by atoms with Crippen LogP contribution in [0.25, 0.3) is 0 Å². The number of ether oxygens (including phenoxy) is 4. The van der Waals surface area contributed by atoms with Crippen LogP contribution in [0.15, 0.2) is 77.9 Å². The van der Waals surface area contributed by atoms with Crippen LogP contribution in [0.5, 0.6) is 17.2 Å². The second kappa shape index (κ2) is 11.4. The summed E-state index contributed by atoms with van der Waals surface area (Å²) in [5.41, 5.74) is 2.88. The number of nitrogens with zero attached hydrogens (tertiary/aromatic N) is 2. The molecule has 0 bridgehead atoms. The van der Waals surface area contributed by atoms with E-state index in [1.54, 1.807) is 19.2 Å². The van der Waals surface area contributed by atoms with E-state index in [1.807, 2.05) is 61.5 Å². The van der Waals surface area contributed by atoms with Crippen LogP contribution in [0.4, 0.5) is 0 Å². The van der Waals surface area contributed by atoms with Gasteiger partial charge in [0.2, 0.25) is 0 Å². The van der Waals surface area contributed by atoms with Gasteiger partial charge in [0.05, 0.1) is 38.1 Å². The summed E-state index contributed by atoms with van der Waals surface area (Å²) in [5, 5.41) is 6.01. The number of hydrazone groups is 1. The first-order chi connectivity index (χ1) is 17.5. The fraction of sp³-hybridized carbons (Fsp3) is 0.250. The van der Waals surface area contributed by atoms with E-state index in [-0.39, 0.29) is 11.6 Å². The van der Waals surface area contributed by atoms with Gasteiger partial charge in [0.1, 0.15) is 5.75 Å². The summed E-state index contributed by atoms with van der Waals surface area (Å²) in [6.07, 6.45) is 0.534. The minimum absolute atomic E-state index is 0.254. The van der Waals surface area contributed by atoms with Crippen molar-refractivity contribution in [3.8, 4) is 17.2 Å². The highest BCUT2D eigenvalue weighted by molar-refractivity contribution is 6.03. The third-order valence-corrected chi connectivity index (χ3v) is 5.80. The van der Waals surface area contributed by atoms with E-state index in [0.29, 0.717) is 24.5 Å². The molecule has 1 unspecified atom stereocenters. The van der Waals surface area contributed by atoms with E-state index in [1.165, 1.54) is 18.2 Å². The van der Waals surface area contributed by atoms with Crippen LogP contribution in [-0.4, -0.2) is 50.0 Å². The maximum absolute atomic E-state index is 13.2. The number of esters is 1. The van der Waals surface area contributed by atoms with Gasteiger partial charge in [-0.1, -0.05) is 42.5 Å². The minimum Gasteiger partial charge on any atom is -0.497 e. The highest BCUT2D eigenvalue weighted by Gasteiger charge is 2.33. The Bertz CT molecular complexity index is 1240. The molecule has 0 saturated heterocycles. The van der Waals surface area contributed by atoms with Crippen molar-refractivity contribution in [2.24, 2.45) is 5.10 Å². The lowest BCUT2D eigenvalue weighted by atomic mass is 9.98. The van der Waals surface area contributed by atoms with Crippen molar-refractivity contribution in [2.45, 2.75) is 19.4 Å². The van der Waals surface area contributed by atoms with Gasteiger partial charge in [-0.05, 0) is 48.4 Å². The Hall–Kier alpha value is -4.33. The lowest BCUT2D eigenvalue weighted by Gasteiger charge is -2.22. The Kier molecular flexibility index (Phi) is 7.85. The molecule has 3 aromatic rings. The molecule has 1 heterocycles. The zero-order valence-electron chi connectivity index (χ0n) is 20.5. The summed E-state index contributed by atoms with van der Waals surface area (Å²) < 4.78 is 21.4. The zero-order valence-corrected chi connectivity index (χ0v) is 20.5. The van der Waals surface area contributed by atoms with Crippen molar-refractivity contribution in [3.63, 3.8) is 0 Å². The van der Waals surface area contributed by atoms with Crippen LogP contribution in [0.2, 0.25) is 0 Å². The number of hydrogen-bond donors (Lipinski definition) is 0. The van der Waals surface area contributed by atoms with E-state index in [9.17, 15) is 9.59 Å². The molecule has 36 heavy (non-hydrogen) atoms. The Balaban J connectivity index is 1.51. The number of hydrogen-bond acceptors (Lipinski definition) is 7. The molecule has 1 amide bonds. The smallest absolute Gasteiger partial charge is 0.338 e. The molecule has 8 nitrogen and oxygen atoms in total. The van der Waals surface area contributed by atoms with E-state index in [0.717, 1.165) is 22.6 Å². The molecule has 3 aromatic carbocycles. The molecule has 8 heteroatoms. The summed E-state index contributed by atoms with van der Waals surface area (Å²) in [7, 11) is 3.09. The summed E-state index contributed by atoms with van der Waals surface area (Å²) in [6, 6.07) is 21.6. The van der Waals surface area contributed by atoms with Crippen molar-refractivity contribution in [2.75, 3.05) is 27.4 Å². The van der Waals surface area contributed by atoms with Crippen LogP contribution in [0, 0.1) is 0 Å². The first-order valence-electron chi connectivity index (χ1n) is 11.6. The molecular weight excluding hydrogens is 460 g/mol. The summed E-state index contributed by atoms with van der Waals surface area (Å²) in [5.74, 6) is 0.590. The van der Waals surface area contributed by atoms with Gasteiger partial charge in [-0.3, -0.25) is 4.79 Å². The van der Waals surface area contributed by atoms with Crippen molar-refractivity contribution in [1.29, 1.82) is 0 Å². The number of methoxy groups -OCH3 is 2. The van der Waals surface area contributed by atoms with Gasteiger partial charge >= 0.3 is 5.97 Å². The van der Waals surface area contributed by atoms with Gasteiger partial charge in [-0.2, -0.15) is 5.10 Å². The molecule has 186 valence electrons. The summed E-state index contributed by atoms with van der Waals surface area (Å²) in [6.45, 7) is 1.87. The van der Waals surface area contributed by atoms with Crippen LogP contribution in [-0.2, 0) is 9.53 Å². The molecule has 0 fully saturated rings. The fourth-order valence-electron chi connectivity index (χ4n) is 3.98. The molecule has 0 spiro atoms. The van der Waals surface area contributed by atoms with E-state index < -0.39 is 18.5 Å². The molecule has 0 N–H and O–H groups in total. The average Bonchev–Trinajstić information content (AvgIpc) is 3.38. The minimum atomic E-state index is -0.642. The maximum Gasteiger partial charge on any atom is 0.338 e. The molecule has 0 radical (unpaired) electrons. The van der Waals surface area contributed by atoms with Gasteiger partial charge in [0.25, 0.3) is 5.91 Å². The molecule has 1 aliphatic heterocycles. The maximum atomic E-state index is 13.2.